The molecule has 0 radical (unpaired) electrons. The monoisotopic (exact) mass is 212 g/mol. The lowest BCUT2D eigenvalue weighted by atomic mass is 10.0. The van der Waals surface area contributed by atoms with Gasteiger partial charge >= 0.3 is 0 Å². The van der Waals surface area contributed by atoms with Gasteiger partial charge in [-0.05, 0) is 58.7 Å². The van der Waals surface area contributed by atoms with Crippen LogP contribution < -0.4 is 5.32 Å². The largest absolute Gasteiger partial charge is 0.314 e. The summed E-state index contributed by atoms with van der Waals surface area (Å²) in [7, 11) is 2.27. The van der Waals surface area contributed by atoms with Crippen LogP contribution in [0.1, 0.15) is 46.5 Å². The van der Waals surface area contributed by atoms with Crippen LogP contribution in [0.25, 0.3) is 0 Å². The van der Waals surface area contributed by atoms with E-state index in [2.05, 4.69) is 38.0 Å². The van der Waals surface area contributed by atoms with Crippen LogP contribution >= 0.6 is 0 Å². The zero-order chi connectivity index (χ0) is 11.3. The fraction of sp³-hybridized carbons (Fsp3) is 1.00. The summed E-state index contributed by atoms with van der Waals surface area (Å²) in [5.41, 5.74) is 0. The molecule has 1 fully saturated rings. The van der Waals surface area contributed by atoms with E-state index in [1.807, 2.05) is 0 Å². The summed E-state index contributed by atoms with van der Waals surface area (Å²) < 4.78 is 0. The third-order valence-electron chi connectivity index (χ3n) is 3.56. The lowest BCUT2D eigenvalue weighted by Gasteiger charge is -2.27. The van der Waals surface area contributed by atoms with Gasteiger partial charge in [0, 0.05) is 12.1 Å². The van der Waals surface area contributed by atoms with Crippen LogP contribution in [0.5, 0.6) is 0 Å². The smallest absolute Gasteiger partial charge is 0.00797 e. The molecule has 0 saturated carbocycles. The van der Waals surface area contributed by atoms with E-state index in [9.17, 15) is 0 Å². The van der Waals surface area contributed by atoms with Crippen molar-refractivity contribution < 1.29 is 0 Å². The van der Waals surface area contributed by atoms with E-state index < -0.39 is 0 Å². The Kier molecular flexibility index (Phi) is 5.62. The average molecular weight is 212 g/mol. The highest BCUT2D eigenvalue weighted by Gasteiger charge is 2.16. The second kappa shape index (κ2) is 6.49. The SMILES string of the molecule is CC(C)CC(C)N(C)CCC1CCCN1. The van der Waals surface area contributed by atoms with Gasteiger partial charge in [0.25, 0.3) is 0 Å². The van der Waals surface area contributed by atoms with Crippen LogP contribution in [0.2, 0.25) is 0 Å². The fourth-order valence-electron chi connectivity index (χ4n) is 2.45. The molecule has 1 heterocycles. The van der Waals surface area contributed by atoms with Crippen molar-refractivity contribution in [2.45, 2.75) is 58.5 Å². The number of hydrogen-bond acceptors (Lipinski definition) is 2. The van der Waals surface area contributed by atoms with E-state index in [0.29, 0.717) is 0 Å². The molecule has 0 aromatic rings. The van der Waals surface area contributed by atoms with Crippen molar-refractivity contribution in [2.75, 3.05) is 20.1 Å². The van der Waals surface area contributed by atoms with Gasteiger partial charge < -0.3 is 10.2 Å². The first-order valence-corrected chi connectivity index (χ1v) is 6.53. The molecule has 0 aliphatic carbocycles. The summed E-state index contributed by atoms with van der Waals surface area (Å²) in [6, 6.07) is 1.52. The lowest BCUT2D eigenvalue weighted by Crippen LogP contribution is -2.34. The Morgan fingerprint density at radius 3 is 2.60 bits per heavy atom. The molecule has 0 aromatic heterocycles. The summed E-state index contributed by atoms with van der Waals surface area (Å²) >= 11 is 0. The molecule has 1 aliphatic rings. The molecule has 1 N–H and O–H groups in total. The zero-order valence-electron chi connectivity index (χ0n) is 10.9. The minimum absolute atomic E-state index is 0.728. The van der Waals surface area contributed by atoms with E-state index in [-0.39, 0.29) is 0 Å². The highest BCUT2D eigenvalue weighted by Crippen LogP contribution is 2.13. The van der Waals surface area contributed by atoms with Crippen molar-refractivity contribution in [3.05, 3.63) is 0 Å². The molecule has 1 aliphatic heterocycles. The van der Waals surface area contributed by atoms with Crippen LogP contribution in [0.3, 0.4) is 0 Å². The lowest BCUT2D eigenvalue weighted by molar-refractivity contribution is 0.219. The van der Waals surface area contributed by atoms with E-state index in [1.165, 1.54) is 38.8 Å². The first kappa shape index (κ1) is 13.0. The summed E-state index contributed by atoms with van der Waals surface area (Å²) in [5.74, 6) is 0.812. The van der Waals surface area contributed by atoms with Crippen LogP contribution in [-0.2, 0) is 0 Å². The van der Waals surface area contributed by atoms with Crippen molar-refractivity contribution in [3.8, 4) is 0 Å². The second-order valence-corrected chi connectivity index (χ2v) is 5.54. The van der Waals surface area contributed by atoms with Crippen molar-refractivity contribution in [3.63, 3.8) is 0 Å². The van der Waals surface area contributed by atoms with Gasteiger partial charge in [-0.1, -0.05) is 13.8 Å². The Hall–Kier alpha value is -0.0800. The zero-order valence-corrected chi connectivity index (χ0v) is 10.9. The molecule has 2 nitrogen and oxygen atoms in total. The van der Waals surface area contributed by atoms with Crippen LogP contribution in [0, 0.1) is 5.92 Å². The maximum Gasteiger partial charge on any atom is 0.00797 e. The molecule has 0 bridgehead atoms. The van der Waals surface area contributed by atoms with Gasteiger partial charge in [-0.3, -0.25) is 0 Å². The van der Waals surface area contributed by atoms with E-state index in [0.717, 1.165) is 18.0 Å². The van der Waals surface area contributed by atoms with Crippen molar-refractivity contribution >= 4 is 0 Å². The summed E-state index contributed by atoms with van der Waals surface area (Å²) in [4.78, 5) is 2.51. The molecular formula is C13H28N2. The normalized spacial score (nSPS) is 24.0. The van der Waals surface area contributed by atoms with Crippen molar-refractivity contribution in [2.24, 2.45) is 5.92 Å². The molecule has 2 unspecified atom stereocenters. The first-order valence-electron chi connectivity index (χ1n) is 6.53. The average Bonchev–Trinajstić information content (AvgIpc) is 2.65. The van der Waals surface area contributed by atoms with Gasteiger partial charge in [0.05, 0.1) is 0 Å². The standard InChI is InChI=1S/C13H28N2/c1-11(2)10-12(3)15(4)9-7-13-6-5-8-14-13/h11-14H,5-10H2,1-4H3. The van der Waals surface area contributed by atoms with Crippen LogP contribution in [0.15, 0.2) is 0 Å². The Morgan fingerprint density at radius 2 is 2.07 bits per heavy atom. The predicted octanol–water partition coefficient (Wildman–Crippen LogP) is 2.49. The Labute approximate surface area is 95.4 Å². The van der Waals surface area contributed by atoms with Gasteiger partial charge in [-0.15, -0.1) is 0 Å². The van der Waals surface area contributed by atoms with E-state index in [4.69, 9.17) is 0 Å². The molecule has 0 aromatic carbocycles. The summed E-state index contributed by atoms with van der Waals surface area (Å²) in [6.45, 7) is 9.44. The molecule has 0 amide bonds. The molecule has 90 valence electrons. The summed E-state index contributed by atoms with van der Waals surface area (Å²) in [6.07, 6.45) is 5.38. The topological polar surface area (TPSA) is 15.3 Å². The highest BCUT2D eigenvalue weighted by molar-refractivity contribution is 4.76. The molecular weight excluding hydrogens is 184 g/mol. The maximum absolute atomic E-state index is 3.56. The van der Waals surface area contributed by atoms with Gasteiger partial charge in [-0.2, -0.15) is 0 Å². The van der Waals surface area contributed by atoms with Gasteiger partial charge in [0.2, 0.25) is 0 Å². The van der Waals surface area contributed by atoms with E-state index in [1.54, 1.807) is 0 Å². The third kappa shape index (κ3) is 4.98. The van der Waals surface area contributed by atoms with E-state index >= 15 is 0 Å². The number of hydrogen-bond donors (Lipinski definition) is 1. The van der Waals surface area contributed by atoms with Gasteiger partial charge in [0.1, 0.15) is 0 Å². The number of nitrogens with one attached hydrogen (secondary N) is 1. The number of nitrogens with zero attached hydrogens (tertiary/aromatic N) is 1. The third-order valence-corrected chi connectivity index (χ3v) is 3.56. The summed E-state index contributed by atoms with van der Waals surface area (Å²) in [5, 5.41) is 3.56. The Morgan fingerprint density at radius 1 is 1.33 bits per heavy atom. The number of rotatable bonds is 6. The quantitative estimate of drug-likeness (QED) is 0.728. The Bertz CT molecular complexity index is 162. The van der Waals surface area contributed by atoms with Crippen LogP contribution in [-0.4, -0.2) is 37.1 Å². The first-order chi connectivity index (χ1) is 7.09. The minimum Gasteiger partial charge on any atom is -0.314 e. The molecule has 15 heavy (non-hydrogen) atoms. The minimum atomic E-state index is 0.728. The molecule has 2 atom stereocenters. The van der Waals surface area contributed by atoms with Gasteiger partial charge in [0.15, 0.2) is 0 Å². The molecule has 0 spiro atoms. The highest BCUT2D eigenvalue weighted by atomic mass is 15.1. The predicted molar refractivity (Wildman–Crippen MR) is 67.2 cm³/mol. The second-order valence-electron chi connectivity index (χ2n) is 5.54. The van der Waals surface area contributed by atoms with Crippen LogP contribution in [0.4, 0.5) is 0 Å². The Balaban J connectivity index is 2.13. The van der Waals surface area contributed by atoms with Crippen molar-refractivity contribution in [1.29, 1.82) is 0 Å². The molecule has 2 heteroatoms. The molecule has 1 rings (SSSR count). The fourth-order valence-corrected chi connectivity index (χ4v) is 2.45. The molecule has 1 saturated heterocycles. The maximum atomic E-state index is 3.56. The van der Waals surface area contributed by atoms with Crippen molar-refractivity contribution in [1.82, 2.24) is 10.2 Å². The van der Waals surface area contributed by atoms with Gasteiger partial charge in [-0.25, -0.2) is 0 Å².